The zero-order chi connectivity index (χ0) is 17.4. The minimum atomic E-state index is -0.761. The zero-order valence-corrected chi connectivity index (χ0v) is 13.7. The van der Waals surface area contributed by atoms with Crippen molar-refractivity contribution in [2.45, 2.75) is 13.8 Å². The summed E-state index contributed by atoms with van der Waals surface area (Å²) >= 11 is 5.92. The lowest BCUT2D eigenvalue weighted by Gasteiger charge is -2.10. The van der Waals surface area contributed by atoms with E-state index in [1.54, 1.807) is 31.2 Å². The van der Waals surface area contributed by atoms with Gasteiger partial charge in [0.25, 0.3) is 0 Å². The highest BCUT2D eigenvalue weighted by Gasteiger charge is 2.21. The quantitative estimate of drug-likeness (QED) is 0.627. The van der Waals surface area contributed by atoms with Crippen molar-refractivity contribution in [2.75, 3.05) is 0 Å². The molecule has 1 aromatic heterocycles. The number of nitrogens with zero attached hydrogens (tertiary/aromatic N) is 2. The Balaban J connectivity index is 2.30. The van der Waals surface area contributed by atoms with Crippen molar-refractivity contribution < 1.29 is 13.6 Å². The van der Waals surface area contributed by atoms with Crippen LogP contribution in [0.25, 0.3) is 16.9 Å². The van der Waals surface area contributed by atoms with Gasteiger partial charge >= 0.3 is 0 Å². The molecule has 3 nitrogen and oxygen atoms in total. The van der Waals surface area contributed by atoms with Crippen LogP contribution in [0, 0.1) is 18.6 Å². The monoisotopic (exact) mass is 346 g/mol. The van der Waals surface area contributed by atoms with Gasteiger partial charge in [-0.2, -0.15) is 5.10 Å². The molecule has 0 spiro atoms. The molecule has 24 heavy (non-hydrogen) atoms. The van der Waals surface area contributed by atoms with Gasteiger partial charge in [0.2, 0.25) is 0 Å². The molecule has 0 radical (unpaired) electrons. The number of benzene rings is 2. The maximum Gasteiger partial charge on any atom is 0.180 e. The average molecular weight is 347 g/mol. The first-order chi connectivity index (χ1) is 11.4. The highest BCUT2D eigenvalue weighted by Crippen LogP contribution is 2.30. The molecule has 0 unspecified atom stereocenters. The van der Waals surface area contributed by atoms with E-state index in [2.05, 4.69) is 5.10 Å². The predicted octanol–water partition coefficient (Wildman–Crippen LogP) is 4.98. The number of hydrogen-bond donors (Lipinski definition) is 0. The average Bonchev–Trinajstić information content (AvgIpc) is 2.86. The van der Waals surface area contributed by atoms with Gasteiger partial charge in [-0.05, 0) is 31.2 Å². The molecule has 0 atom stereocenters. The van der Waals surface area contributed by atoms with Gasteiger partial charge in [0.05, 0.1) is 5.69 Å². The Hall–Kier alpha value is -2.53. The number of halogens is 3. The van der Waals surface area contributed by atoms with Crippen LogP contribution in [0.1, 0.15) is 23.0 Å². The number of carbonyl (C=O) groups is 1. The van der Waals surface area contributed by atoms with E-state index < -0.39 is 11.6 Å². The largest absolute Gasteiger partial charge is 0.293 e. The molecule has 0 fully saturated rings. The van der Waals surface area contributed by atoms with Crippen LogP contribution in [0.15, 0.2) is 42.5 Å². The van der Waals surface area contributed by atoms with Gasteiger partial charge in [-0.1, -0.05) is 23.7 Å². The normalized spacial score (nSPS) is 10.9. The van der Waals surface area contributed by atoms with Crippen LogP contribution in [0.2, 0.25) is 5.02 Å². The van der Waals surface area contributed by atoms with Crippen molar-refractivity contribution in [1.29, 1.82) is 0 Å². The fraction of sp³-hybridized carbons (Fsp3) is 0.111. The van der Waals surface area contributed by atoms with Gasteiger partial charge in [-0.25, -0.2) is 13.5 Å². The number of Topliss-reactive ketones (excluding diaryl/α,β-unsaturated/α-hetero) is 1. The van der Waals surface area contributed by atoms with E-state index in [1.807, 2.05) is 0 Å². The van der Waals surface area contributed by atoms with Crippen LogP contribution in [0.5, 0.6) is 0 Å². The molecule has 3 rings (SSSR count). The smallest absolute Gasteiger partial charge is 0.180 e. The first-order valence-electron chi connectivity index (χ1n) is 7.20. The summed E-state index contributed by atoms with van der Waals surface area (Å²) in [4.78, 5) is 11.8. The highest BCUT2D eigenvalue weighted by atomic mass is 35.5. The van der Waals surface area contributed by atoms with Crippen LogP contribution in [-0.4, -0.2) is 15.6 Å². The van der Waals surface area contributed by atoms with Crippen LogP contribution in [-0.2, 0) is 0 Å². The second-order valence-corrected chi connectivity index (χ2v) is 5.83. The first kappa shape index (κ1) is 16.3. The van der Waals surface area contributed by atoms with Crippen molar-refractivity contribution >= 4 is 17.4 Å². The van der Waals surface area contributed by atoms with Gasteiger partial charge in [0.15, 0.2) is 11.6 Å². The Kier molecular flexibility index (Phi) is 4.20. The van der Waals surface area contributed by atoms with Crippen molar-refractivity contribution in [3.05, 3.63) is 70.4 Å². The standard InChI is InChI=1S/C18H13ClF2N2O/c1-10-17(11(2)24)22-23(16-8-7-14(20)9-15(16)21)18(10)12-3-5-13(19)6-4-12/h3-9H,1-2H3. The molecule has 0 bridgehead atoms. The first-order valence-corrected chi connectivity index (χ1v) is 7.58. The Morgan fingerprint density at radius 3 is 2.38 bits per heavy atom. The number of aromatic nitrogens is 2. The van der Waals surface area contributed by atoms with E-state index in [-0.39, 0.29) is 17.2 Å². The lowest BCUT2D eigenvalue weighted by Crippen LogP contribution is -2.04. The number of carbonyl (C=O) groups excluding carboxylic acids is 1. The van der Waals surface area contributed by atoms with Gasteiger partial charge in [0, 0.05) is 29.1 Å². The minimum absolute atomic E-state index is 0.0666. The number of ketones is 1. The summed E-state index contributed by atoms with van der Waals surface area (Å²) in [5, 5.41) is 4.80. The van der Waals surface area contributed by atoms with Gasteiger partial charge in [0.1, 0.15) is 17.2 Å². The summed E-state index contributed by atoms with van der Waals surface area (Å²) < 4.78 is 28.8. The molecule has 0 aliphatic heterocycles. The third kappa shape index (κ3) is 2.83. The molecule has 0 amide bonds. The van der Waals surface area contributed by atoms with Crippen LogP contribution in [0.3, 0.4) is 0 Å². The summed E-state index contributed by atoms with van der Waals surface area (Å²) in [6.45, 7) is 3.14. The third-order valence-electron chi connectivity index (χ3n) is 3.71. The van der Waals surface area contributed by atoms with Crippen molar-refractivity contribution in [2.24, 2.45) is 0 Å². The molecule has 2 aromatic carbocycles. The topological polar surface area (TPSA) is 34.9 Å². The summed E-state index contributed by atoms with van der Waals surface area (Å²) in [6, 6.07) is 10.1. The van der Waals surface area contributed by atoms with Crippen LogP contribution < -0.4 is 0 Å². The fourth-order valence-electron chi connectivity index (χ4n) is 2.60. The zero-order valence-electron chi connectivity index (χ0n) is 13.0. The van der Waals surface area contributed by atoms with E-state index in [0.29, 0.717) is 16.3 Å². The maximum atomic E-state index is 14.2. The molecule has 0 aliphatic carbocycles. The van der Waals surface area contributed by atoms with Gasteiger partial charge < -0.3 is 0 Å². The number of hydrogen-bond acceptors (Lipinski definition) is 2. The van der Waals surface area contributed by atoms with E-state index in [4.69, 9.17) is 11.6 Å². The molecule has 0 saturated heterocycles. The number of rotatable bonds is 3. The molecule has 0 N–H and O–H groups in total. The maximum absolute atomic E-state index is 14.2. The van der Waals surface area contributed by atoms with Crippen molar-refractivity contribution in [3.8, 4) is 16.9 Å². The minimum Gasteiger partial charge on any atom is -0.293 e. The second kappa shape index (κ2) is 6.17. The molecule has 0 saturated carbocycles. The fourth-order valence-corrected chi connectivity index (χ4v) is 2.73. The Morgan fingerprint density at radius 1 is 1.12 bits per heavy atom. The molecule has 122 valence electrons. The molecule has 1 heterocycles. The summed E-state index contributed by atoms with van der Waals surface area (Å²) in [6.07, 6.45) is 0. The summed E-state index contributed by atoms with van der Waals surface area (Å²) in [5.41, 5.74) is 2.21. The van der Waals surface area contributed by atoms with Gasteiger partial charge in [-0.15, -0.1) is 0 Å². The molecule has 0 aliphatic rings. The van der Waals surface area contributed by atoms with Crippen molar-refractivity contribution in [3.63, 3.8) is 0 Å². The molecule has 3 aromatic rings. The second-order valence-electron chi connectivity index (χ2n) is 5.39. The Morgan fingerprint density at radius 2 is 1.79 bits per heavy atom. The summed E-state index contributed by atoms with van der Waals surface area (Å²) in [5.74, 6) is -1.67. The summed E-state index contributed by atoms with van der Waals surface area (Å²) in [7, 11) is 0. The van der Waals surface area contributed by atoms with E-state index in [1.165, 1.54) is 17.7 Å². The molecular formula is C18H13ClF2N2O. The SMILES string of the molecule is CC(=O)c1nn(-c2ccc(F)cc2F)c(-c2ccc(Cl)cc2)c1C. The Bertz CT molecular complexity index is 933. The highest BCUT2D eigenvalue weighted by molar-refractivity contribution is 6.30. The van der Waals surface area contributed by atoms with Crippen molar-refractivity contribution in [1.82, 2.24) is 9.78 Å². The van der Waals surface area contributed by atoms with Gasteiger partial charge in [-0.3, -0.25) is 4.79 Å². The lowest BCUT2D eigenvalue weighted by atomic mass is 10.1. The van der Waals surface area contributed by atoms with Crippen LogP contribution in [0.4, 0.5) is 8.78 Å². The van der Waals surface area contributed by atoms with E-state index >= 15 is 0 Å². The predicted molar refractivity (Wildman–Crippen MR) is 88.7 cm³/mol. The van der Waals surface area contributed by atoms with Crippen LogP contribution >= 0.6 is 11.6 Å². The lowest BCUT2D eigenvalue weighted by molar-refractivity contribution is 0.101. The molecular weight excluding hydrogens is 334 g/mol. The van der Waals surface area contributed by atoms with E-state index in [0.717, 1.165) is 17.7 Å². The Labute approximate surface area is 142 Å². The van der Waals surface area contributed by atoms with E-state index in [9.17, 15) is 13.6 Å². The third-order valence-corrected chi connectivity index (χ3v) is 3.96. The molecule has 6 heteroatoms.